The molecule has 1 atom stereocenters. The molecule has 1 aromatic heterocycles. The summed E-state index contributed by atoms with van der Waals surface area (Å²) < 4.78 is 39.2. The molecule has 0 bridgehead atoms. The first-order chi connectivity index (χ1) is 8.52. The summed E-state index contributed by atoms with van der Waals surface area (Å²) in [6.07, 6.45) is 0. The Balaban J connectivity index is 2.45. The van der Waals surface area contributed by atoms with Crippen LogP contribution in [0.15, 0.2) is 23.6 Å². The maximum absolute atomic E-state index is 13.2. The highest BCUT2D eigenvalue weighted by molar-refractivity contribution is 7.10. The molecule has 1 heterocycles. The van der Waals surface area contributed by atoms with Crippen molar-refractivity contribution >= 4 is 11.3 Å². The standard InChI is InChI=1S/C12H11F3N2S/c1-6-2-8(5-18-6)12(17-16)7-3-9(13)11(15)10(14)4-7/h2-5,12,17H,16H2,1H3. The third-order valence-electron chi connectivity index (χ3n) is 2.59. The molecule has 96 valence electrons. The Labute approximate surface area is 106 Å². The number of halogens is 3. The summed E-state index contributed by atoms with van der Waals surface area (Å²) in [5.41, 5.74) is 3.50. The van der Waals surface area contributed by atoms with E-state index in [-0.39, 0.29) is 5.56 Å². The fourth-order valence-electron chi connectivity index (χ4n) is 1.74. The first-order valence-corrected chi connectivity index (χ1v) is 6.06. The van der Waals surface area contributed by atoms with Gasteiger partial charge in [-0.25, -0.2) is 18.6 Å². The Bertz CT molecular complexity index is 545. The van der Waals surface area contributed by atoms with Crippen molar-refractivity contribution in [2.24, 2.45) is 5.84 Å². The first kappa shape index (κ1) is 13.1. The molecule has 6 heteroatoms. The van der Waals surface area contributed by atoms with Gasteiger partial charge in [-0.15, -0.1) is 11.3 Å². The largest absolute Gasteiger partial charge is 0.271 e. The second kappa shape index (κ2) is 5.09. The van der Waals surface area contributed by atoms with Gasteiger partial charge in [0.1, 0.15) is 0 Å². The zero-order valence-corrected chi connectivity index (χ0v) is 10.3. The summed E-state index contributed by atoms with van der Waals surface area (Å²) in [7, 11) is 0. The predicted octanol–water partition coefficient (Wildman–Crippen LogP) is 3.03. The average molecular weight is 272 g/mol. The molecule has 0 aliphatic carbocycles. The van der Waals surface area contributed by atoms with E-state index >= 15 is 0 Å². The number of benzene rings is 1. The van der Waals surface area contributed by atoms with Crippen LogP contribution in [-0.4, -0.2) is 0 Å². The summed E-state index contributed by atoms with van der Waals surface area (Å²) in [4.78, 5) is 1.05. The number of nitrogens with two attached hydrogens (primary N) is 1. The Kier molecular flexibility index (Phi) is 3.70. The zero-order chi connectivity index (χ0) is 13.3. The van der Waals surface area contributed by atoms with E-state index in [1.165, 1.54) is 11.3 Å². The molecule has 1 aromatic carbocycles. The normalized spacial score (nSPS) is 12.7. The van der Waals surface area contributed by atoms with E-state index in [1.807, 2.05) is 18.4 Å². The van der Waals surface area contributed by atoms with Gasteiger partial charge in [0.25, 0.3) is 0 Å². The molecule has 2 nitrogen and oxygen atoms in total. The molecule has 0 saturated carbocycles. The summed E-state index contributed by atoms with van der Waals surface area (Å²) in [6.45, 7) is 1.91. The number of rotatable bonds is 3. The number of thiophene rings is 1. The van der Waals surface area contributed by atoms with Crippen LogP contribution in [0, 0.1) is 24.4 Å². The molecular formula is C12H11F3N2S. The molecule has 2 aromatic rings. The van der Waals surface area contributed by atoms with Gasteiger partial charge in [-0.2, -0.15) is 0 Å². The van der Waals surface area contributed by atoms with E-state index in [4.69, 9.17) is 5.84 Å². The van der Waals surface area contributed by atoms with E-state index in [2.05, 4.69) is 5.43 Å². The molecular weight excluding hydrogens is 261 g/mol. The van der Waals surface area contributed by atoms with Crippen LogP contribution in [0.25, 0.3) is 0 Å². The fraction of sp³-hybridized carbons (Fsp3) is 0.167. The van der Waals surface area contributed by atoms with Crippen LogP contribution in [0.3, 0.4) is 0 Å². The summed E-state index contributed by atoms with van der Waals surface area (Å²) in [5, 5.41) is 1.83. The SMILES string of the molecule is Cc1cc(C(NN)c2cc(F)c(F)c(F)c2)cs1. The number of hydrogen-bond donors (Lipinski definition) is 2. The van der Waals surface area contributed by atoms with Crippen molar-refractivity contribution < 1.29 is 13.2 Å². The van der Waals surface area contributed by atoms with Gasteiger partial charge in [-0.1, -0.05) is 0 Å². The Morgan fingerprint density at radius 1 is 1.11 bits per heavy atom. The van der Waals surface area contributed by atoms with Gasteiger partial charge in [0.15, 0.2) is 17.5 Å². The minimum absolute atomic E-state index is 0.242. The maximum Gasteiger partial charge on any atom is 0.194 e. The molecule has 0 spiro atoms. The van der Waals surface area contributed by atoms with E-state index in [0.717, 1.165) is 22.6 Å². The molecule has 0 saturated heterocycles. The van der Waals surface area contributed by atoms with Crippen molar-refractivity contribution in [2.75, 3.05) is 0 Å². The zero-order valence-electron chi connectivity index (χ0n) is 9.51. The number of hydrogen-bond acceptors (Lipinski definition) is 3. The van der Waals surface area contributed by atoms with Crippen LogP contribution in [0.5, 0.6) is 0 Å². The van der Waals surface area contributed by atoms with Crippen molar-refractivity contribution in [1.82, 2.24) is 5.43 Å². The van der Waals surface area contributed by atoms with Crippen LogP contribution >= 0.6 is 11.3 Å². The molecule has 0 fully saturated rings. The van der Waals surface area contributed by atoms with Crippen LogP contribution in [-0.2, 0) is 0 Å². The maximum atomic E-state index is 13.2. The quantitative estimate of drug-likeness (QED) is 0.512. The average Bonchev–Trinajstić information content (AvgIpc) is 2.73. The Hall–Kier alpha value is -1.37. The smallest absolute Gasteiger partial charge is 0.194 e. The minimum Gasteiger partial charge on any atom is -0.271 e. The predicted molar refractivity (Wildman–Crippen MR) is 64.5 cm³/mol. The lowest BCUT2D eigenvalue weighted by Gasteiger charge is -2.15. The molecule has 0 aliphatic heterocycles. The Morgan fingerprint density at radius 2 is 1.72 bits per heavy atom. The van der Waals surface area contributed by atoms with E-state index in [1.54, 1.807) is 0 Å². The van der Waals surface area contributed by atoms with Crippen LogP contribution in [0.2, 0.25) is 0 Å². The first-order valence-electron chi connectivity index (χ1n) is 5.18. The highest BCUT2D eigenvalue weighted by Crippen LogP contribution is 2.27. The lowest BCUT2D eigenvalue weighted by atomic mass is 10.0. The van der Waals surface area contributed by atoms with E-state index < -0.39 is 23.5 Å². The van der Waals surface area contributed by atoms with Crippen LogP contribution < -0.4 is 11.3 Å². The van der Waals surface area contributed by atoms with Crippen LogP contribution in [0.4, 0.5) is 13.2 Å². The second-order valence-corrected chi connectivity index (χ2v) is 5.00. The molecule has 3 N–H and O–H groups in total. The number of nitrogens with one attached hydrogen (secondary N) is 1. The lowest BCUT2D eigenvalue weighted by Crippen LogP contribution is -2.28. The van der Waals surface area contributed by atoms with Gasteiger partial charge < -0.3 is 0 Å². The van der Waals surface area contributed by atoms with Crippen molar-refractivity contribution in [2.45, 2.75) is 13.0 Å². The van der Waals surface area contributed by atoms with E-state index in [9.17, 15) is 13.2 Å². The van der Waals surface area contributed by atoms with Crippen LogP contribution in [0.1, 0.15) is 22.0 Å². The van der Waals surface area contributed by atoms with Crippen molar-refractivity contribution in [3.05, 3.63) is 57.0 Å². The van der Waals surface area contributed by atoms with Gasteiger partial charge in [-0.05, 0) is 41.6 Å². The second-order valence-electron chi connectivity index (χ2n) is 3.89. The molecule has 18 heavy (non-hydrogen) atoms. The number of hydrazine groups is 1. The molecule has 0 aliphatic rings. The summed E-state index contributed by atoms with van der Waals surface area (Å²) in [6, 6.07) is 3.17. The van der Waals surface area contributed by atoms with Gasteiger partial charge >= 0.3 is 0 Å². The summed E-state index contributed by atoms with van der Waals surface area (Å²) in [5.74, 6) is 1.47. The van der Waals surface area contributed by atoms with E-state index in [0.29, 0.717) is 0 Å². The topological polar surface area (TPSA) is 38.0 Å². The third-order valence-corrected chi connectivity index (χ3v) is 3.47. The van der Waals surface area contributed by atoms with Gasteiger partial charge in [0, 0.05) is 4.88 Å². The highest BCUT2D eigenvalue weighted by atomic mass is 32.1. The summed E-state index contributed by atoms with van der Waals surface area (Å²) >= 11 is 1.50. The third kappa shape index (κ3) is 2.40. The monoisotopic (exact) mass is 272 g/mol. The van der Waals surface area contributed by atoms with Crippen molar-refractivity contribution in [1.29, 1.82) is 0 Å². The van der Waals surface area contributed by atoms with Crippen molar-refractivity contribution in [3.63, 3.8) is 0 Å². The fourth-order valence-corrected chi connectivity index (χ4v) is 2.47. The van der Waals surface area contributed by atoms with Crippen molar-refractivity contribution in [3.8, 4) is 0 Å². The molecule has 2 rings (SSSR count). The molecule has 0 radical (unpaired) electrons. The molecule has 0 amide bonds. The van der Waals surface area contributed by atoms with Gasteiger partial charge in [-0.3, -0.25) is 5.84 Å². The minimum atomic E-state index is -1.48. The Morgan fingerprint density at radius 3 is 2.17 bits per heavy atom. The van der Waals surface area contributed by atoms with Gasteiger partial charge in [0.05, 0.1) is 6.04 Å². The molecule has 1 unspecified atom stereocenters. The van der Waals surface area contributed by atoms with Gasteiger partial charge in [0.2, 0.25) is 0 Å². The lowest BCUT2D eigenvalue weighted by molar-refractivity contribution is 0.442. The number of aryl methyl sites for hydroxylation is 1. The highest BCUT2D eigenvalue weighted by Gasteiger charge is 2.18.